The molecule has 1 fully saturated rings. The highest BCUT2D eigenvalue weighted by molar-refractivity contribution is 7.99. The van der Waals surface area contributed by atoms with E-state index in [1.54, 1.807) is 24.3 Å². The first-order valence-electron chi connectivity index (χ1n) is 7.60. The van der Waals surface area contributed by atoms with Crippen molar-refractivity contribution >= 4 is 35.8 Å². The van der Waals surface area contributed by atoms with Crippen LogP contribution < -0.4 is 10.6 Å². The third-order valence-corrected chi connectivity index (χ3v) is 4.74. The molecule has 0 radical (unpaired) electrons. The van der Waals surface area contributed by atoms with Gasteiger partial charge in [-0.2, -0.15) is 8.78 Å². The van der Waals surface area contributed by atoms with Crippen molar-refractivity contribution in [2.45, 2.75) is 36.8 Å². The quantitative estimate of drug-likeness (QED) is 0.735. The molecule has 0 aromatic heterocycles. The highest BCUT2D eigenvalue weighted by Gasteiger charge is 2.22. The van der Waals surface area contributed by atoms with Crippen LogP contribution in [0.4, 0.5) is 14.5 Å². The number of hydrogen-bond acceptors (Lipinski definition) is 3. The maximum absolute atomic E-state index is 12.4. The van der Waals surface area contributed by atoms with Crippen LogP contribution in [0, 0.1) is 11.8 Å². The van der Waals surface area contributed by atoms with Crippen LogP contribution in [-0.4, -0.2) is 24.8 Å². The van der Waals surface area contributed by atoms with Gasteiger partial charge >= 0.3 is 0 Å². The maximum atomic E-state index is 12.4. The molecule has 0 aliphatic carbocycles. The van der Waals surface area contributed by atoms with Crippen LogP contribution in [-0.2, 0) is 4.79 Å². The molecule has 0 spiro atoms. The molecule has 1 saturated heterocycles. The van der Waals surface area contributed by atoms with Crippen molar-refractivity contribution in [1.29, 1.82) is 0 Å². The molecule has 1 aromatic carbocycles. The number of alkyl halides is 2. The fraction of sp³-hybridized carbons (Fsp3) is 0.562. The van der Waals surface area contributed by atoms with E-state index in [9.17, 15) is 13.6 Å². The zero-order valence-electron chi connectivity index (χ0n) is 13.1. The van der Waals surface area contributed by atoms with E-state index in [-0.39, 0.29) is 18.3 Å². The molecule has 2 N–H and O–H groups in total. The normalized spacial score (nSPS) is 16.7. The standard InChI is InChI=1S/C16H22F2N2OS.ClH/c1-11(12-5-7-19-8-6-12)9-15(21)20-13-3-2-4-14(10-13)22-16(17)18;/h2-4,10-12,16,19H,5-9H2,1H3,(H,20,21);1H. The Labute approximate surface area is 146 Å². The summed E-state index contributed by atoms with van der Waals surface area (Å²) in [7, 11) is 0. The zero-order chi connectivity index (χ0) is 15.9. The number of benzene rings is 1. The molecule has 1 aliphatic heterocycles. The highest BCUT2D eigenvalue weighted by atomic mass is 35.5. The molecule has 7 heteroatoms. The Morgan fingerprint density at radius 2 is 2.09 bits per heavy atom. The minimum absolute atomic E-state index is 0. The van der Waals surface area contributed by atoms with Crippen LogP contribution in [0.5, 0.6) is 0 Å². The fourth-order valence-corrected chi connectivity index (χ4v) is 3.39. The van der Waals surface area contributed by atoms with E-state index in [2.05, 4.69) is 17.6 Å². The van der Waals surface area contributed by atoms with Crippen LogP contribution in [0.15, 0.2) is 29.2 Å². The first-order chi connectivity index (χ1) is 10.5. The molecule has 0 bridgehead atoms. The molecule has 2 rings (SSSR count). The Balaban J connectivity index is 0.00000264. The van der Waals surface area contributed by atoms with Crippen LogP contribution in [0.3, 0.4) is 0 Å². The van der Waals surface area contributed by atoms with Gasteiger partial charge in [-0.05, 0) is 56.0 Å². The fourth-order valence-electron chi connectivity index (χ4n) is 2.83. The molecule has 1 heterocycles. The van der Waals surface area contributed by atoms with E-state index in [1.165, 1.54) is 0 Å². The summed E-state index contributed by atoms with van der Waals surface area (Å²) in [4.78, 5) is 12.6. The summed E-state index contributed by atoms with van der Waals surface area (Å²) < 4.78 is 24.7. The van der Waals surface area contributed by atoms with Crippen molar-refractivity contribution < 1.29 is 13.6 Å². The second-order valence-corrected chi connectivity index (χ2v) is 6.79. The highest BCUT2D eigenvalue weighted by Crippen LogP contribution is 2.28. The lowest BCUT2D eigenvalue weighted by molar-refractivity contribution is -0.117. The molecule has 1 unspecified atom stereocenters. The molecule has 23 heavy (non-hydrogen) atoms. The molecule has 1 amide bonds. The minimum atomic E-state index is -2.45. The van der Waals surface area contributed by atoms with Crippen molar-refractivity contribution in [2.24, 2.45) is 11.8 Å². The summed E-state index contributed by atoms with van der Waals surface area (Å²) >= 11 is 0.485. The lowest BCUT2D eigenvalue weighted by atomic mass is 9.84. The van der Waals surface area contributed by atoms with E-state index in [4.69, 9.17) is 0 Å². The second kappa shape index (κ2) is 10.1. The van der Waals surface area contributed by atoms with Gasteiger partial charge in [0.15, 0.2) is 0 Å². The van der Waals surface area contributed by atoms with E-state index >= 15 is 0 Å². The van der Waals surface area contributed by atoms with Crippen LogP contribution in [0.2, 0.25) is 0 Å². The number of thioether (sulfide) groups is 1. The van der Waals surface area contributed by atoms with Gasteiger partial charge in [0.1, 0.15) is 0 Å². The zero-order valence-corrected chi connectivity index (χ0v) is 14.7. The topological polar surface area (TPSA) is 41.1 Å². The van der Waals surface area contributed by atoms with Gasteiger partial charge in [0.2, 0.25) is 5.91 Å². The maximum Gasteiger partial charge on any atom is 0.288 e. The number of anilines is 1. The average molecular weight is 365 g/mol. The smallest absolute Gasteiger partial charge is 0.288 e. The number of amides is 1. The van der Waals surface area contributed by atoms with Crippen molar-refractivity contribution in [1.82, 2.24) is 5.32 Å². The summed E-state index contributed by atoms with van der Waals surface area (Å²) in [5.41, 5.74) is 0.577. The number of rotatable bonds is 6. The number of nitrogens with one attached hydrogen (secondary N) is 2. The molecule has 0 saturated carbocycles. The van der Waals surface area contributed by atoms with Gasteiger partial charge in [0.25, 0.3) is 5.76 Å². The summed E-state index contributed by atoms with van der Waals surface area (Å²) in [6, 6.07) is 6.60. The summed E-state index contributed by atoms with van der Waals surface area (Å²) in [6.07, 6.45) is 2.68. The minimum Gasteiger partial charge on any atom is -0.326 e. The van der Waals surface area contributed by atoms with Gasteiger partial charge in [-0.1, -0.05) is 24.8 Å². The first kappa shape index (κ1) is 20.2. The summed E-state index contributed by atoms with van der Waals surface area (Å²) in [5.74, 6) is -1.59. The SMILES string of the molecule is CC(CC(=O)Nc1cccc(SC(F)F)c1)C1CCNCC1.Cl. The molecule has 1 aliphatic rings. The largest absolute Gasteiger partial charge is 0.326 e. The number of halogens is 3. The Morgan fingerprint density at radius 3 is 2.74 bits per heavy atom. The molecule has 130 valence electrons. The van der Waals surface area contributed by atoms with Crippen LogP contribution >= 0.6 is 24.2 Å². The number of carbonyl (C=O) groups excluding carboxylic acids is 1. The lowest BCUT2D eigenvalue weighted by Gasteiger charge is -2.27. The number of hydrogen-bond donors (Lipinski definition) is 2. The van der Waals surface area contributed by atoms with E-state index in [0.717, 1.165) is 25.9 Å². The predicted molar refractivity (Wildman–Crippen MR) is 93.6 cm³/mol. The Hall–Kier alpha value is -0.850. The average Bonchev–Trinajstić information content (AvgIpc) is 2.47. The number of piperidine rings is 1. The van der Waals surface area contributed by atoms with Gasteiger partial charge in [-0.3, -0.25) is 4.79 Å². The van der Waals surface area contributed by atoms with Gasteiger partial charge in [-0.25, -0.2) is 0 Å². The van der Waals surface area contributed by atoms with Crippen LogP contribution in [0.1, 0.15) is 26.2 Å². The third kappa shape index (κ3) is 7.06. The molecular weight excluding hydrogens is 342 g/mol. The monoisotopic (exact) mass is 364 g/mol. The van der Waals surface area contributed by atoms with Crippen molar-refractivity contribution in [2.75, 3.05) is 18.4 Å². The van der Waals surface area contributed by atoms with Crippen molar-refractivity contribution in [3.63, 3.8) is 0 Å². The van der Waals surface area contributed by atoms with Crippen molar-refractivity contribution in [3.05, 3.63) is 24.3 Å². The van der Waals surface area contributed by atoms with Crippen LogP contribution in [0.25, 0.3) is 0 Å². The lowest BCUT2D eigenvalue weighted by Crippen LogP contribution is -2.32. The molecule has 3 nitrogen and oxygen atoms in total. The van der Waals surface area contributed by atoms with E-state index in [0.29, 0.717) is 40.6 Å². The van der Waals surface area contributed by atoms with E-state index in [1.807, 2.05) is 0 Å². The number of carbonyl (C=O) groups is 1. The Bertz CT molecular complexity index is 499. The molecular formula is C16H23ClF2N2OS. The third-order valence-electron chi connectivity index (χ3n) is 4.04. The second-order valence-electron chi connectivity index (χ2n) is 5.72. The Morgan fingerprint density at radius 1 is 1.39 bits per heavy atom. The van der Waals surface area contributed by atoms with Gasteiger partial charge < -0.3 is 10.6 Å². The first-order valence-corrected chi connectivity index (χ1v) is 8.48. The van der Waals surface area contributed by atoms with E-state index < -0.39 is 5.76 Å². The van der Waals surface area contributed by atoms with Gasteiger partial charge in [0.05, 0.1) is 0 Å². The van der Waals surface area contributed by atoms with Gasteiger partial charge in [-0.15, -0.1) is 12.4 Å². The summed E-state index contributed by atoms with van der Waals surface area (Å²) in [6.45, 7) is 4.14. The molecule has 1 aromatic rings. The van der Waals surface area contributed by atoms with Gasteiger partial charge in [0, 0.05) is 17.0 Å². The Kier molecular flexibility index (Phi) is 8.87. The predicted octanol–water partition coefficient (Wildman–Crippen LogP) is 4.39. The summed E-state index contributed by atoms with van der Waals surface area (Å²) in [5, 5.41) is 6.13. The molecule has 1 atom stereocenters. The van der Waals surface area contributed by atoms with Crippen molar-refractivity contribution in [3.8, 4) is 0 Å².